The summed E-state index contributed by atoms with van der Waals surface area (Å²) in [5.74, 6) is 0. The van der Waals surface area contributed by atoms with Crippen molar-refractivity contribution < 1.29 is 25.0 Å². The quantitative estimate of drug-likeness (QED) is 0.361. The summed E-state index contributed by atoms with van der Waals surface area (Å²) in [4.78, 5) is 9.54. The molecule has 0 radical (unpaired) electrons. The normalized spacial score (nSPS) is 43.6. The van der Waals surface area contributed by atoms with E-state index in [9.17, 15) is 25.4 Å². The zero-order valence-electron chi connectivity index (χ0n) is 7.61. The SMILES string of the molecule is C[C@@H]1O[C@H](C[N+](=O)[O-])[C@H](O)[C@H](O)[C@H]1O. The zero-order chi connectivity index (χ0) is 10.9. The maximum absolute atomic E-state index is 10.2. The van der Waals surface area contributed by atoms with Gasteiger partial charge in [-0.2, -0.15) is 0 Å². The molecule has 7 heteroatoms. The van der Waals surface area contributed by atoms with Crippen LogP contribution in [0.1, 0.15) is 6.92 Å². The van der Waals surface area contributed by atoms with Gasteiger partial charge in [-0.3, -0.25) is 10.1 Å². The Balaban J connectivity index is 2.65. The highest BCUT2D eigenvalue weighted by Gasteiger charge is 2.43. The number of ether oxygens (including phenoxy) is 1. The molecule has 0 bridgehead atoms. The van der Waals surface area contributed by atoms with Crippen LogP contribution < -0.4 is 0 Å². The van der Waals surface area contributed by atoms with E-state index in [1.807, 2.05) is 0 Å². The summed E-state index contributed by atoms with van der Waals surface area (Å²) in [5, 5.41) is 38.1. The van der Waals surface area contributed by atoms with Crippen molar-refractivity contribution in [3.05, 3.63) is 10.1 Å². The van der Waals surface area contributed by atoms with Crippen LogP contribution in [0.2, 0.25) is 0 Å². The fourth-order valence-corrected chi connectivity index (χ4v) is 1.43. The minimum Gasteiger partial charge on any atom is -0.388 e. The van der Waals surface area contributed by atoms with Gasteiger partial charge >= 0.3 is 0 Å². The first-order chi connectivity index (χ1) is 6.43. The lowest BCUT2D eigenvalue weighted by molar-refractivity contribution is -0.498. The van der Waals surface area contributed by atoms with Crippen LogP contribution in [0.5, 0.6) is 0 Å². The molecule has 3 N–H and O–H groups in total. The van der Waals surface area contributed by atoms with E-state index >= 15 is 0 Å². The van der Waals surface area contributed by atoms with Crippen LogP contribution in [0.15, 0.2) is 0 Å². The number of hydrogen-bond donors (Lipinski definition) is 3. The molecule has 82 valence electrons. The number of aliphatic hydroxyl groups is 3. The Bertz CT molecular complexity index is 222. The van der Waals surface area contributed by atoms with Gasteiger partial charge in [-0.1, -0.05) is 0 Å². The summed E-state index contributed by atoms with van der Waals surface area (Å²) in [6, 6.07) is 0. The van der Waals surface area contributed by atoms with Crippen LogP contribution in [0.25, 0.3) is 0 Å². The van der Waals surface area contributed by atoms with Crippen molar-refractivity contribution in [2.24, 2.45) is 0 Å². The predicted octanol–water partition coefficient (Wildman–Crippen LogP) is -1.87. The summed E-state index contributed by atoms with van der Waals surface area (Å²) in [5.41, 5.74) is 0. The first-order valence-electron chi connectivity index (χ1n) is 4.25. The van der Waals surface area contributed by atoms with Gasteiger partial charge in [0.25, 0.3) is 0 Å². The molecule has 7 nitrogen and oxygen atoms in total. The highest BCUT2D eigenvalue weighted by molar-refractivity contribution is 4.90. The van der Waals surface area contributed by atoms with Crippen LogP contribution in [0, 0.1) is 10.1 Å². The Labute approximate surface area is 80.1 Å². The minimum atomic E-state index is -1.42. The van der Waals surface area contributed by atoms with Crippen molar-refractivity contribution in [2.75, 3.05) is 6.54 Å². The number of nitro groups is 1. The Hall–Kier alpha value is -0.760. The second-order valence-electron chi connectivity index (χ2n) is 3.37. The molecule has 0 aromatic rings. The van der Waals surface area contributed by atoms with Gasteiger partial charge in [0.05, 0.1) is 6.10 Å². The van der Waals surface area contributed by atoms with Gasteiger partial charge in [-0.05, 0) is 6.92 Å². The molecule has 1 fully saturated rings. The summed E-state index contributed by atoms with van der Waals surface area (Å²) in [7, 11) is 0. The molecular formula is C7H13NO6. The molecule has 1 aliphatic rings. The van der Waals surface area contributed by atoms with Crippen LogP contribution in [0.3, 0.4) is 0 Å². The number of hydrogen-bond acceptors (Lipinski definition) is 6. The molecule has 0 saturated carbocycles. The van der Waals surface area contributed by atoms with Gasteiger partial charge in [-0.15, -0.1) is 0 Å². The minimum absolute atomic E-state index is 0.588. The predicted molar refractivity (Wildman–Crippen MR) is 44.2 cm³/mol. The van der Waals surface area contributed by atoms with Crippen LogP contribution >= 0.6 is 0 Å². The van der Waals surface area contributed by atoms with E-state index in [0.717, 1.165) is 0 Å². The molecule has 0 aromatic heterocycles. The molecule has 14 heavy (non-hydrogen) atoms. The van der Waals surface area contributed by atoms with Crippen LogP contribution in [-0.4, -0.2) is 57.3 Å². The van der Waals surface area contributed by atoms with Crippen molar-refractivity contribution in [1.82, 2.24) is 0 Å². The maximum atomic E-state index is 10.2. The molecule has 1 aliphatic heterocycles. The van der Waals surface area contributed by atoms with Gasteiger partial charge < -0.3 is 20.1 Å². The van der Waals surface area contributed by atoms with Gasteiger partial charge in [-0.25, -0.2) is 0 Å². The van der Waals surface area contributed by atoms with E-state index in [-0.39, 0.29) is 0 Å². The lowest BCUT2D eigenvalue weighted by atomic mass is 9.96. The fraction of sp³-hybridized carbons (Fsp3) is 1.00. The summed E-state index contributed by atoms with van der Waals surface area (Å²) in [6.45, 7) is 0.891. The molecule has 0 amide bonds. The number of rotatable bonds is 2. The van der Waals surface area contributed by atoms with E-state index in [2.05, 4.69) is 0 Å². The van der Waals surface area contributed by atoms with E-state index in [1.54, 1.807) is 0 Å². The number of aliphatic hydroxyl groups excluding tert-OH is 3. The average Bonchev–Trinajstić information content (AvgIpc) is 2.10. The maximum Gasteiger partial charge on any atom is 0.232 e. The highest BCUT2D eigenvalue weighted by Crippen LogP contribution is 2.20. The summed E-state index contributed by atoms with van der Waals surface area (Å²) < 4.78 is 4.99. The standard InChI is InChI=1S/C7H13NO6/c1-3-5(9)7(11)6(10)4(14-3)2-8(12)13/h3-7,9-11H,2H2,1H3/t3-,4+,5-,6-,7+/m0/s1. The topological polar surface area (TPSA) is 113 Å². The average molecular weight is 207 g/mol. The van der Waals surface area contributed by atoms with Crippen molar-refractivity contribution in [3.8, 4) is 0 Å². The van der Waals surface area contributed by atoms with Crippen molar-refractivity contribution in [2.45, 2.75) is 37.4 Å². The fourth-order valence-electron chi connectivity index (χ4n) is 1.43. The Morgan fingerprint density at radius 2 is 1.86 bits per heavy atom. The third-order valence-corrected chi connectivity index (χ3v) is 2.28. The van der Waals surface area contributed by atoms with Crippen LogP contribution in [0.4, 0.5) is 0 Å². The molecule has 0 aliphatic carbocycles. The van der Waals surface area contributed by atoms with E-state index in [4.69, 9.17) is 4.74 Å². The van der Waals surface area contributed by atoms with Crippen LogP contribution in [-0.2, 0) is 4.74 Å². The Kier molecular flexibility index (Phi) is 3.38. The summed E-state index contributed by atoms with van der Waals surface area (Å²) in [6.07, 6.45) is -5.83. The zero-order valence-corrected chi connectivity index (χ0v) is 7.61. The lowest BCUT2D eigenvalue weighted by Crippen LogP contribution is -2.58. The first-order valence-corrected chi connectivity index (χ1v) is 4.25. The first kappa shape index (κ1) is 11.3. The molecule has 1 rings (SSSR count). The molecule has 0 spiro atoms. The van der Waals surface area contributed by atoms with Crippen molar-refractivity contribution >= 4 is 0 Å². The number of nitrogens with zero attached hydrogens (tertiary/aromatic N) is 1. The van der Waals surface area contributed by atoms with Gasteiger partial charge in [0, 0.05) is 4.92 Å². The van der Waals surface area contributed by atoms with Gasteiger partial charge in [0.15, 0.2) is 6.10 Å². The van der Waals surface area contributed by atoms with E-state index < -0.39 is 42.0 Å². The third-order valence-electron chi connectivity index (χ3n) is 2.28. The lowest BCUT2D eigenvalue weighted by Gasteiger charge is -2.37. The van der Waals surface area contributed by atoms with Crippen molar-refractivity contribution in [1.29, 1.82) is 0 Å². The molecule has 5 atom stereocenters. The Morgan fingerprint density at radius 3 is 2.36 bits per heavy atom. The highest BCUT2D eigenvalue weighted by atomic mass is 16.6. The second-order valence-corrected chi connectivity index (χ2v) is 3.37. The van der Waals surface area contributed by atoms with E-state index in [0.29, 0.717) is 0 Å². The van der Waals surface area contributed by atoms with Gasteiger partial charge in [0.1, 0.15) is 18.3 Å². The van der Waals surface area contributed by atoms with Crippen molar-refractivity contribution in [3.63, 3.8) is 0 Å². The monoisotopic (exact) mass is 207 g/mol. The summed E-state index contributed by atoms with van der Waals surface area (Å²) >= 11 is 0. The largest absolute Gasteiger partial charge is 0.388 e. The van der Waals surface area contributed by atoms with Gasteiger partial charge in [0.2, 0.25) is 6.54 Å². The smallest absolute Gasteiger partial charge is 0.232 e. The molecule has 1 saturated heterocycles. The molecule has 0 unspecified atom stereocenters. The molecule has 1 heterocycles. The second kappa shape index (κ2) is 4.18. The third kappa shape index (κ3) is 2.18. The molecular weight excluding hydrogens is 194 g/mol. The molecule has 0 aromatic carbocycles. The Morgan fingerprint density at radius 1 is 1.29 bits per heavy atom. The van der Waals surface area contributed by atoms with E-state index in [1.165, 1.54) is 6.92 Å².